The number of ether oxygens (including phenoxy) is 1. The molecule has 0 unspecified atom stereocenters. The number of benzene rings is 1. The minimum absolute atomic E-state index is 0.132. The summed E-state index contributed by atoms with van der Waals surface area (Å²) in [6.07, 6.45) is 1.60. The Kier molecular flexibility index (Phi) is 6.54. The largest absolute Gasteiger partial charge is 0.462 e. The molecule has 0 saturated carbocycles. The summed E-state index contributed by atoms with van der Waals surface area (Å²) >= 11 is 1.33. The van der Waals surface area contributed by atoms with Crippen LogP contribution in [0.4, 0.5) is 0 Å². The van der Waals surface area contributed by atoms with E-state index in [0.29, 0.717) is 41.0 Å². The lowest BCUT2D eigenvalue weighted by atomic mass is 10.1. The molecule has 2 heterocycles. The second-order valence-corrected chi connectivity index (χ2v) is 6.54. The van der Waals surface area contributed by atoms with Crippen LogP contribution in [-0.2, 0) is 4.74 Å². The number of hydrogen-bond acceptors (Lipinski definition) is 6. The van der Waals surface area contributed by atoms with E-state index in [9.17, 15) is 4.79 Å². The Morgan fingerprint density at radius 1 is 1.15 bits per heavy atom. The number of carbonyl (C=O) groups excluding carboxylic acids is 1. The lowest BCUT2D eigenvalue weighted by molar-refractivity contribution is 0.0958. The topological polar surface area (TPSA) is 76.4 Å². The zero-order valence-corrected chi connectivity index (χ0v) is 15.3. The van der Waals surface area contributed by atoms with Gasteiger partial charge in [-0.05, 0) is 12.1 Å². The van der Waals surface area contributed by atoms with Crippen LogP contribution >= 0.6 is 11.3 Å². The fourth-order valence-electron chi connectivity index (χ4n) is 2.42. The first-order valence-electron chi connectivity index (χ1n) is 8.37. The first kappa shape index (κ1) is 18.3. The summed E-state index contributed by atoms with van der Waals surface area (Å²) in [4.78, 5) is 17.9. The average molecular weight is 371 g/mol. The Bertz CT molecular complexity index is 816. The number of nitrogens with zero attached hydrogens (tertiary/aromatic N) is 1. The Morgan fingerprint density at radius 2 is 2.00 bits per heavy atom. The van der Waals surface area contributed by atoms with Gasteiger partial charge in [0.25, 0.3) is 5.91 Å². The first-order chi connectivity index (χ1) is 12.8. The van der Waals surface area contributed by atoms with Gasteiger partial charge in [0.05, 0.1) is 18.6 Å². The molecule has 0 saturated heterocycles. The van der Waals surface area contributed by atoms with Crippen molar-refractivity contribution in [2.45, 2.75) is 0 Å². The third-order valence-corrected chi connectivity index (χ3v) is 4.75. The van der Waals surface area contributed by atoms with Crippen LogP contribution in [0, 0.1) is 0 Å². The maximum Gasteiger partial charge on any atom is 0.263 e. The van der Waals surface area contributed by atoms with Crippen molar-refractivity contribution in [3.8, 4) is 22.0 Å². The highest BCUT2D eigenvalue weighted by Crippen LogP contribution is 2.33. The molecule has 0 fully saturated rings. The summed E-state index contributed by atoms with van der Waals surface area (Å²) in [7, 11) is 1.66. The molecule has 136 valence electrons. The van der Waals surface area contributed by atoms with Crippen molar-refractivity contribution in [1.82, 2.24) is 15.6 Å². The lowest BCUT2D eigenvalue weighted by Crippen LogP contribution is -2.32. The summed E-state index contributed by atoms with van der Waals surface area (Å²) < 4.78 is 10.4. The molecule has 0 aliphatic heterocycles. The molecular formula is C19H21N3O3S. The summed E-state index contributed by atoms with van der Waals surface area (Å²) in [5, 5.41) is 6.83. The van der Waals surface area contributed by atoms with Crippen LogP contribution in [0.5, 0.6) is 0 Å². The van der Waals surface area contributed by atoms with Crippen LogP contribution < -0.4 is 10.6 Å². The number of nitrogens with one attached hydrogen (secondary N) is 2. The van der Waals surface area contributed by atoms with Crippen molar-refractivity contribution in [2.75, 3.05) is 33.4 Å². The third-order valence-electron chi connectivity index (χ3n) is 3.68. The molecule has 2 N–H and O–H groups in total. The van der Waals surface area contributed by atoms with Gasteiger partial charge in [0.2, 0.25) is 0 Å². The minimum atomic E-state index is -0.132. The number of methoxy groups -OCH3 is 1. The average Bonchev–Trinajstić information content (AvgIpc) is 3.34. The van der Waals surface area contributed by atoms with Crippen molar-refractivity contribution < 1.29 is 13.9 Å². The number of furan rings is 1. The lowest BCUT2D eigenvalue weighted by Gasteiger charge is -2.06. The summed E-state index contributed by atoms with van der Waals surface area (Å²) in [5.41, 5.74) is 1.58. The molecule has 0 radical (unpaired) electrons. The van der Waals surface area contributed by atoms with Crippen LogP contribution in [0.2, 0.25) is 0 Å². The normalized spacial score (nSPS) is 10.8. The number of amides is 1. The minimum Gasteiger partial charge on any atom is -0.462 e. The number of carbonyl (C=O) groups is 1. The summed E-state index contributed by atoms with van der Waals surface area (Å²) in [5.74, 6) is 0.528. The molecule has 6 nitrogen and oxygen atoms in total. The van der Waals surface area contributed by atoms with Crippen molar-refractivity contribution >= 4 is 17.2 Å². The van der Waals surface area contributed by atoms with Crippen LogP contribution in [-0.4, -0.2) is 44.2 Å². The first-order valence-corrected chi connectivity index (χ1v) is 9.19. The van der Waals surface area contributed by atoms with Gasteiger partial charge in [-0.15, -0.1) is 11.3 Å². The fourth-order valence-corrected chi connectivity index (χ4v) is 3.39. The molecule has 1 amide bonds. The second kappa shape index (κ2) is 9.28. The molecule has 0 atom stereocenters. The summed E-state index contributed by atoms with van der Waals surface area (Å²) in [6, 6.07) is 13.4. The van der Waals surface area contributed by atoms with Gasteiger partial charge < -0.3 is 19.8 Å². The number of rotatable bonds is 9. The molecule has 0 aliphatic carbocycles. The molecule has 7 heteroatoms. The van der Waals surface area contributed by atoms with Gasteiger partial charge in [-0.2, -0.15) is 0 Å². The highest BCUT2D eigenvalue weighted by atomic mass is 32.1. The molecule has 0 spiro atoms. The van der Waals surface area contributed by atoms with Crippen molar-refractivity contribution in [1.29, 1.82) is 0 Å². The van der Waals surface area contributed by atoms with Crippen LogP contribution in [0.3, 0.4) is 0 Å². The van der Waals surface area contributed by atoms with E-state index < -0.39 is 0 Å². The Hall–Kier alpha value is -2.48. The van der Waals surface area contributed by atoms with Crippen molar-refractivity contribution in [2.24, 2.45) is 0 Å². The summed E-state index contributed by atoms with van der Waals surface area (Å²) in [6.45, 7) is 2.61. The van der Waals surface area contributed by atoms with E-state index >= 15 is 0 Å². The molecule has 2 aromatic heterocycles. The van der Waals surface area contributed by atoms with E-state index in [0.717, 1.165) is 12.1 Å². The van der Waals surface area contributed by atoms with Gasteiger partial charge >= 0.3 is 0 Å². The third kappa shape index (κ3) is 4.57. The van der Waals surface area contributed by atoms with Crippen molar-refractivity contribution in [3.63, 3.8) is 0 Å². The SMILES string of the molecule is COCCNCCNC(=O)c1sc(-c2ccco2)nc1-c1ccccc1. The Balaban J connectivity index is 1.75. The molecule has 3 aromatic rings. The van der Waals surface area contributed by atoms with Gasteiger partial charge in [-0.25, -0.2) is 4.98 Å². The smallest absolute Gasteiger partial charge is 0.263 e. The second-order valence-electron chi connectivity index (χ2n) is 5.54. The van der Waals surface area contributed by atoms with Crippen LogP contribution in [0.15, 0.2) is 53.1 Å². The highest BCUT2D eigenvalue weighted by molar-refractivity contribution is 7.17. The van der Waals surface area contributed by atoms with E-state index in [4.69, 9.17) is 9.15 Å². The number of hydrogen-bond donors (Lipinski definition) is 2. The maximum atomic E-state index is 12.7. The quantitative estimate of drug-likeness (QED) is 0.566. The van der Waals surface area contributed by atoms with Crippen LogP contribution in [0.25, 0.3) is 22.0 Å². The standard InChI is InChI=1S/C19H21N3O3S/c1-24-13-11-20-9-10-21-18(23)17-16(14-6-3-2-4-7-14)22-19(26-17)15-8-5-12-25-15/h2-8,12,20H,9-11,13H2,1H3,(H,21,23). The molecule has 3 rings (SSSR count). The maximum absolute atomic E-state index is 12.7. The van der Waals surface area contributed by atoms with Gasteiger partial charge in [-0.1, -0.05) is 30.3 Å². The van der Waals surface area contributed by atoms with E-state index in [1.54, 1.807) is 13.4 Å². The Morgan fingerprint density at radius 3 is 2.73 bits per heavy atom. The van der Waals surface area contributed by atoms with E-state index in [-0.39, 0.29) is 5.91 Å². The van der Waals surface area contributed by atoms with Crippen LogP contribution in [0.1, 0.15) is 9.67 Å². The molecular weight excluding hydrogens is 350 g/mol. The van der Waals surface area contributed by atoms with Gasteiger partial charge in [0.15, 0.2) is 10.8 Å². The molecule has 0 aliphatic rings. The van der Waals surface area contributed by atoms with Gasteiger partial charge in [-0.3, -0.25) is 4.79 Å². The predicted octanol–water partition coefficient (Wildman–Crippen LogP) is 3.04. The van der Waals surface area contributed by atoms with E-state index in [1.165, 1.54) is 11.3 Å². The fraction of sp³-hybridized carbons (Fsp3) is 0.263. The highest BCUT2D eigenvalue weighted by Gasteiger charge is 2.20. The zero-order valence-electron chi connectivity index (χ0n) is 14.5. The van der Waals surface area contributed by atoms with E-state index in [2.05, 4.69) is 15.6 Å². The zero-order chi connectivity index (χ0) is 18.2. The Labute approximate surface area is 156 Å². The van der Waals surface area contributed by atoms with Gasteiger partial charge in [0.1, 0.15) is 4.88 Å². The monoisotopic (exact) mass is 371 g/mol. The molecule has 1 aromatic carbocycles. The van der Waals surface area contributed by atoms with Crippen molar-refractivity contribution in [3.05, 3.63) is 53.6 Å². The number of thiazole rings is 1. The molecule has 0 bridgehead atoms. The van der Waals surface area contributed by atoms with E-state index in [1.807, 2.05) is 42.5 Å². The number of aromatic nitrogens is 1. The predicted molar refractivity (Wildman–Crippen MR) is 102 cm³/mol. The van der Waals surface area contributed by atoms with Gasteiger partial charge in [0, 0.05) is 32.3 Å². The molecule has 26 heavy (non-hydrogen) atoms.